The highest BCUT2D eigenvalue weighted by Crippen LogP contribution is 2.66. The van der Waals surface area contributed by atoms with E-state index in [9.17, 15) is 39.6 Å². The summed E-state index contributed by atoms with van der Waals surface area (Å²) in [5.41, 5.74) is -3.69. The molecule has 11 heteroatoms. The van der Waals surface area contributed by atoms with Crippen molar-refractivity contribution in [1.82, 2.24) is 16.0 Å². The molecule has 0 aromatic rings. The van der Waals surface area contributed by atoms with E-state index in [4.69, 9.17) is 0 Å². The quantitative estimate of drug-likeness (QED) is 0.0548. The van der Waals surface area contributed by atoms with Crippen molar-refractivity contribution in [3.8, 4) is 0 Å². The average Bonchev–Trinajstić information content (AvgIpc) is 2.99. The highest BCUT2D eigenvalue weighted by molar-refractivity contribution is 5.88. The molecule has 0 spiro atoms. The molecule has 4 atom stereocenters. The summed E-state index contributed by atoms with van der Waals surface area (Å²) in [4.78, 5) is 54.3. The molecule has 0 saturated carbocycles. The summed E-state index contributed by atoms with van der Waals surface area (Å²) in [6.45, 7) is 28.1. The van der Waals surface area contributed by atoms with Crippen LogP contribution >= 0.6 is 0 Å². The van der Waals surface area contributed by atoms with Crippen LogP contribution in [0.3, 0.4) is 0 Å². The lowest BCUT2D eigenvalue weighted by Crippen LogP contribution is -2.70. The van der Waals surface area contributed by atoms with Crippen molar-refractivity contribution in [2.75, 3.05) is 0 Å². The van der Waals surface area contributed by atoms with Crippen LogP contribution < -0.4 is 16.0 Å². The fourth-order valence-electron chi connectivity index (χ4n) is 13.9. The summed E-state index contributed by atoms with van der Waals surface area (Å²) in [5, 5.41) is 55.7. The zero-order valence-electron chi connectivity index (χ0n) is 38.8. The molecule has 3 aliphatic heterocycles. The first kappa shape index (κ1) is 50.1. The van der Waals surface area contributed by atoms with Gasteiger partial charge >= 0.3 is 23.9 Å². The lowest BCUT2D eigenvalue weighted by Gasteiger charge is -2.66. The molecule has 3 saturated heterocycles. The van der Waals surface area contributed by atoms with Gasteiger partial charge in [0.25, 0.3) is 0 Å². The fourth-order valence-corrected chi connectivity index (χ4v) is 13.9. The Morgan fingerprint density at radius 1 is 0.534 bits per heavy atom. The van der Waals surface area contributed by atoms with Crippen molar-refractivity contribution in [3.63, 3.8) is 0 Å². The monoisotopic (exact) mass is 820 g/mol. The second-order valence-electron chi connectivity index (χ2n) is 23.1. The van der Waals surface area contributed by atoms with Gasteiger partial charge in [0, 0.05) is 33.2 Å². The van der Waals surface area contributed by atoms with Crippen molar-refractivity contribution >= 4 is 23.9 Å². The maximum Gasteiger partial charge on any atom is 0.308 e. The maximum atomic E-state index is 14.7. The van der Waals surface area contributed by atoms with Gasteiger partial charge in [-0.15, -0.1) is 0 Å². The van der Waals surface area contributed by atoms with Crippen LogP contribution in [-0.2, 0) is 19.2 Å². The van der Waals surface area contributed by atoms with Crippen molar-refractivity contribution in [2.45, 2.75) is 226 Å². The van der Waals surface area contributed by atoms with Crippen LogP contribution in [0.25, 0.3) is 0 Å². The first-order valence-electron chi connectivity index (χ1n) is 22.7. The van der Waals surface area contributed by atoms with Gasteiger partial charge in [0.1, 0.15) is 0 Å². The number of hydrogen-bond acceptors (Lipinski definition) is 7. The van der Waals surface area contributed by atoms with Gasteiger partial charge in [0.05, 0.1) is 24.2 Å². The number of rotatable bonds is 21. The third-order valence-electron chi connectivity index (χ3n) is 14.2. The second-order valence-corrected chi connectivity index (χ2v) is 23.1. The normalized spacial score (nSPS) is 25.3. The maximum absolute atomic E-state index is 14.7. The summed E-state index contributed by atoms with van der Waals surface area (Å²) in [6.07, 6.45) is 12.3. The number of carboxylic acid groups (broad SMARTS) is 4. The van der Waals surface area contributed by atoms with Crippen LogP contribution in [0, 0.1) is 46.8 Å². The molecule has 7 N–H and O–H groups in total. The Bertz CT molecular complexity index is 1350. The molecule has 0 radical (unpaired) electrons. The van der Waals surface area contributed by atoms with Gasteiger partial charge in [-0.1, -0.05) is 58.3 Å². The van der Waals surface area contributed by atoms with Gasteiger partial charge in [-0.2, -0.15) is 0 Å². The lowest BCUT2D eigenvalue weighted by atomic mass is 9.41. The van der Waals surface area contributed by atoms with E-state index >= 15 is 0 Å². The molecule has 58 heavy (non-hydrogen) atoms. The molecule has 0 aliphatic carbocycles. The topological polar surface area (TPSA) is 185 Å². The second kappa shape index (κ2) is 18.8. The van der Waals surface area contributed by atoms with E-state index in [2.05, 4.69) is 106 Å². The molecular formula is C47H85N3O8. The van der Waals surface area contributed by atoms with Gasteiger partial charge in [0.15, 0.2) is 0 Å². The average molecular weight is 820 g/mol. The Kier molecular flexibility index (Phi) is 16.2. The molecule has 0 aromatic heterocycles. The molecular weight excluding hydrogens is 735 g/mol. The van der Waals surface area contributed by atoms with E-state index in [1.807, 2.05) is 0 Å². The molecule has 336 valence electrons. The standard InChI is InChI=1S/C47H85N3O8/c1-14-15-16-17-18-19-20-21-22-34(30-24-41(2,3)48-42(4,5)25-30)47(31-26-43(6,7)49-44(8,9)27-31,32-28-45(10,11)50-46(12,13)29-32)37(40(57)58)36(39(55)56)33(38(53)54)23-35(51)52/h30-34,36-37,48-50H,14-29H2,1-13H3,(H,51,52)(H,53,54)(H,55,56)(H,57,58). The Morgan fingerprint density at radius 3 is 1.22 bits per heavy atom. The molecule has 0 aromatic carbocycles. The van der Waals surface area contributed by atoms with Crippen molar-refractivity contribution in [2.24, 2.45) is 46.8 Å². The highest BCUT2D eigenvalue weighted by Gasteiger charge is 2.67. The minimum Gasteiger partial charge on any atom is -0.481 e. The van der Waals surface area contributed by atoms with E-state index < -0.39 is 75.6 Å². The van der Waals surface area contributed by atoms with Crippen molar-refractivity contribution in [3.05, 3.63) is 0 Å². The van der Waals surface area contributed by atoms with Crippen LogP contribution in [0.4, 0.5) is 0 Å². The van der Waals surface area contributed by atoms with Crippen molar-refractivity contribution in [1.29, 1.82) is 0 Å². The van der Waals surface area contributed by atoms with Crippen molar-refractivity contribution < 1.29 is 39.6 Å². The van der Waals surface area contributed by atoms with Crippen LogP contribution in [0.5, 0.6) is 0 Å². The molecule has 3 heterocycles. The van der Waals surface area contributed by atoms with Gasteiger partial charge in [-0.3, -0.25) is 19.2 Å². The number of aliphatic carboxylic acids is 4. The third-order valence-corrected chi connectivity index (χ3v) is 14.2. The predicted octanol–water partition coefficient (Wildman–Crippen LogP) is 9.37. The third kappa shape index (κ3) is 12.9. The highest BCUT2D eigenvalue weighted by atomic mass is 16.4. The fraction of sp³-hybridized carbons (Fsp3) is 0.915. The van der Waals surface area contributed by atoms with E-state index in [0.717, 1.165) is 38.5 Å². The van der Waals surface area contributed by atoms with Crippen LogP contribution in [0.1, 0.15) is 193 Å². The SMILES string of the molecule is CCCCCCCCCCC(C1CC(C)(C)NC(C)(C)C1)C(C1CC(C)(C)NC(C)(C)C1)(C1CC(C)(C)NC(C)(C)C1)C(C(=O)O)C(C(=O)O)C(CC(=O)O)C(=O)O. The van der Waals surface area contributed by atoms with Gasteiger partial charge < -0.3 is 36.4 Å². The molecule has 0 bridgehead atoms. The summed E-state index contributed by atoms with van der Waals surface area (Å²) in [7, 11) is 0. The summed E-state index contributed by atoms with van der Waals surface area (Å²) >= 11 is 0. The Balaban J connectivity index is 2.58. The van der Waals surface area contributed by atoms with E-state index in [-0.39, 0.29) is 34.7 Å². The lowest BCUT2D eigenvalue weighted by molar-refractivity contribution is -0.197. The van der Waals surface area contributed by atoms with Gasteiger partial charge in [0.2, 0.25) is 0 Å². The smallest absolute Gasteiger partial charge is 0.308 e. The summed E-state index contributed by atoms with van der Waals surface area (Å²) in [5.74, 6) is -12.5. The predicted molar refractivity (Wildman–Crippen MR) is 231 cm³/mol. The molecule has 0 amide bonds. The summed E-state index contributed by atoms with van der Waals surface area (Å²) < 4.78 is 0. The van der Waals surface area contributed by atoms with E-state index in [1.54, 1.807) is 0 Å². The zero-order valence-corrected chi connectivity index (χ0v) is 38.8. The van der Waals surface area contributed by atoms with Gasteiger partial charge in [-0.05, 0) is 157 Å². The molecule has 3 fully saturated rings. The first-order valence-corrected chi connectivity index (χ1v) is 22.7. The molecule has 4 unspecified atom stereocenters. The first-order chi connectivity index (χ1) is 26.4. The Labute approximate surface area is 351 Å². The largest absolute Gasteiger partial charge is 0.481 e. The van der Waals surface area contributed by atoms with E-state index in [0.29, 0.717) is 32.1 Å². The number of unbranched alkanes of at least 4 members (excludes halogenated alkanes) is 7. The summed E-state index contributed by atoms with van der Waals surface area (Å²) in [6, 6.07) is 0. The zero-order chi connectivity index (χ0) is 44.3. The van der Waals surface area contributed by atoms with Crippen LogP contribution in [-0.4, -0.2) is 77.5 Å². The Hall–Kier alpha value is -2.24. The molecule has 3 aliphatic rings. The minimum absolute atomic E-state index is 0.0166. The van der Waals surface area contributed by atoms with Crippen LogP contribution in [0.15, 0.2) is 0 Å². The van der Waals surface area contributed by atoms with Gasteiger partial charge in [-0.25, -0.2) is 0 Å². The van der Waals surface area contributed by atoms with E-state index in [1.165, 1.54) is 25.7 Å². The molecule has 11 nitrogen and oxygen atoms in total. The number of nitrogens with one attached hydrogen (secondary N) is 3. The Morgan fingerprint density at radius 2 is 0.897 bits per heavy atom. The molecule has 3 rings (SSSR count). The number of carbonyl (C=O) groups is 4. The number of hydrogen-bond donors (Lipinski definition) is 7. The van der Waals surface area contributed by atoms with Crippen LogP contribution in [0.2, 0.25) is 0 Å². The number of carboxylic acids is 4. The number of piperidine rings is 3. The minimum atomic E-state index is -1.97.